The molecule has 4 N–H and O–H groups in total. The molecule has 0 bridgehead atoms. The average Bonchev–Trinajstić information content (AvgIpc) is 2.95. The summed E-state index contributed by atoms with van der Waals surface area (Å²) in [5.74, 6) is -0.0894. The molecule has 0 aliphatic heterocycles. The number of carbonyl (C=O) groups excluding carboxylic acids is 1. The maximum atomic E-state index is 12.1. The molecule has 1 aliphatic rings. The smallest absolute Gasteiger partial charge is 0.274 e. The maximum Gasteiger partial charge on any atom is 0.274 e. The van der Waals surface area contributed by atoms with Crippen LogP contribution in [0.5, 0.6) is 0 Å². The molecule has 2 unspecified atom stereocenters. The van der Waals surface area contributed by atoms with Crippen LogP contribution < -0.4 is 11.1 Å². The second kappa shape index (κ2) is 5.39. The van der Waals surface area contributed by atoms with Crippen LogP contribution in [0.15, 0.2) is 6.20 Å². The summed E-state index contributed by atoms with van der Waals surface area (Å²) in [5.41, 5.74) is 6.44. The van der Waals surface area contributed by atoms with E-state index in [-0.39, 0.29) is 30.2 Å². The van der Waals surface area contributed by atoms with Gasteiger partial charge >= 0.3 is 0 Å². The van der Waals surface area contributed by atoms with Crippen LogP contribution in [0.2, 0.25) is 0 Å². The minimum atomic E-state index is -0.245. The van der Waals surface area contributed by atoms with Gasteiger partial charge in [0.2, 0.25) is 0 Å². The molecule has 1 saturated carbocycles. The lowest BCUT2D eigenvalue weighted by atomic mass is 10.1. The molecule has 2 rings (SSSR count). The predicted octanol–water partition coefficient (Wildman–Crippen LogP) is 0.376. The lowest BCUT2D eigenvalue weighted by Crippen LogP contribution is -2.39. The van der Waals surface area contributed by atoms with Crippen molar-refractivity contribution in [3.8, 4) is 0 Å². The fourth-order valence-electron chi connectivity index (χ4n) is 2.46. The Morgan fingerprint density at radius 2 is 2.44 bits per heavy atom. The van der Waals surface area contributed by atoms with E-state index in [0.717, 1.165) is 19.3 Å². The van der Waals surface area contributed by atoms with Crippen molar-refractivity contribution in [2.75, 3.05) is 12.3 Å². The number of nitrogens with two attached hydrogens (primary N) is 1. The van der Waals surface area contributed by atoms with Crippen LogP contribution in [0, 0.1) is 5.92 Å². The Morgan fingerprint density at radius 3 is 3.06 bits per heavy atom. The predicted molar refractivity (Wildman–Crippen MR) is 68.0 cm³/mol. The Kier molecular flexibility index (Phi) is 3.86. The molecule has 1 aromatic heterocycles. The number of nitrogen functional groups attached to an aromatic ring is 1. The highest BCUT2D eigenvalue weighted by molar-refractivity contribution is 5.97. The van der Waals surface area contributed by atoms with E-state index in [1.54, 1.807) is 10.9 Å². The standard InChI is InChI=1S/C12H20N4O2/c1-2-16-6-9(13)11(15-16)12(18)14-10-5-3-4-8(10)7-17/h6,8,10,17H,2-5,7,13H2,1H3,(H,14,18). The number of nitrogens with one attached hydrogen (secondary N) is 1. The van der Waals surface area contributed by atoms with Crippen LogP contribution in [0.4, 0.5) is 5.69 Å². The molecule has 6 heteroatoms. The van der Waals surface area contributed by atoms with Gasteiger partial charge in [0.15, 0.2) is 5.69 Å². The summed E-state index contributed by atoms with van der Waals surface area (Å²) >= 11 is 0. The molecule has 1 fully saturated rings. The minimum Gasteiger partial charge on any atom is -0.396 e. The molecular formula is C12H20N4O2. The highest BCUT2D eigenvalue weighted by Crippen LogP contribution is 2.25. The van der Waals surface area contributed by atoms with Gasteiger partial charge < -0.3 is 16.2 Å². The van der Waals surface area contributed by atoms with Crippen molar-refractivity contribution in [3.05, 3.63) is 11.9 Å². The van der Waals surface area contributed by atoms with Crippen molar-refractivity contribution < 1.29 is 9.90 Å². The van der Waals surface area contributed by atoms with Crippen LogP contribution in [-0.4, -0.2) is 33.4 Å². The zero-order valence-corrected chi connectivity index (χ0v) is 10.6. The van der Waals surface area contributed by atoms with Gasteiger partial charge in [-0.25, -0.2) is 0 Å². The van der Waals surface area contributed by atoms with E-state index in [1.807, 2.05) is 6.92 Å². The van der Waals surface area contributed by atoms with E-state index < -0.39 is 0 Å². The Hall–Kier alpha value is -1.56. The van der Waals surface area contributed by atoms with Gasteiger partial charge in [0, 0.05) is 31.3 Å². The fraction of sp³-hybridized carbons (Fsp3) is 0.667. The van der Waals surface area contributed by atoms with Crippen molar-refractivity contribution in [1.29, 1.82) is 0 Å². The van der Waals surface area contributed by atoms with E-state index in [2.05, 4.69) is 10.4 Å². The van der Waals surface area contributed by atoms with E-state index in [0.29, 0.717) is 12.2 Å². The zero-order chi connectivity index (χ0) is 13.1. The van der Waals surface area contributed by atoms with Gasteiger partial charge in [0.25, 0.3) is 5.91 Å². The number of hydrogen-bond acceptors (Lipinski definition) is 4. The minimum absolute atomic E-state index is 0.0358. The van der Waals surface area contributed by atoms with Crippen molar-refractivity contribution in [2.24, 2.45) is 5.92 Å². The average molecular weight is 252 g/mol. The monoisotopic (exact) mass is 252 g/mol. The van der Waals surface area contributed by atoms with Gasteiger partial charge in [0.05, 0.1) is 5.69 Å². The highest BCUT2D eigenvalue weighted by Gasteiger charge is 2.29. The molecule has 0 saturated heterocycles. The number of aliphatic hydroxyl groups is 1. The second-order valence-electron chi connectivity index (χ2n) is 4.74. The largest absolute Gasteiger partial charge is 0.396 e. The van der Waals surface area contributed by atoms with E-state index in [1.165, 1.54) is 0 Å². The first-order chi connectivity index (χ1) is 8.65. The molecule has 18 heavy (non-hydrogen) atoms. The van der Waals surface area contributed by atoms with E-state index >= 15 is 0 Å². The first kappa shape index (κ1) is 12.9. The van der Waals surface area contributed by atoms with Crippen molar-refractivity contribution in [1.82, 2.24) is 15.1 Å². The molecule has 1 heterocycles. The summed E-state index contributed by atoms with van der Waals surface area (Å²) in [6.45, 7) is 2.73. The number of aromatic nitrogens is 2. The van der Waals surface area contributed by atoms with Gasteiger partial charge in [-0.05, 0) is 19.8 Å². The fourth-order valence-corrected chi connectivity index (χ4v) is 2.46. The lowest BCUT2D eigenvalue weighted by molar-refractivity contribution is 0.0911. The van der Waals surface area contributed by atoms with Crippen LogP contribution >= 0.6 is 0 Å². The second-order valence-corrected chi connectivity index (χ2v) is 4.74. The Bertz CT molecular complexity index is 430. The van der Waals surface area contributed by atoms with Gasteiger partial charge in [-0.3, -0.25) is 9.48 Å². The lowest BCUT2D eigenvalue weighted by Gasteiger charge is -2.18. The number of aliphatic hydroxyl groups excluding tert-OH is 1. The number of amides is 1. The van der Waals surface area contributed by atoms with Gasteiger partial charge in [-0.15, -0.1) is 0 Å². The van der Waals surface area contributed by atoms with Crippen molar-refractivity contribution in [3.63, 3.8) is 0 Å². The first-order valence-electron chi connectivity index (χ1n) is 6.40. The Balaban J connectivity index is 2.05. The number of aryl methyl sites for hydroxylation is 1. The number of anilines is 1. The molecule has 2 atom stereocenters. The molecule has 1 aliphatic carbocycles. The molecule has 0 radical (unpaired) electrons. The molecule has 1 amide bonds. The zero-order valence-electron chi connectivity index (χ0n) is 10.6. The number of nitrogens with zero attached hydrogens (tertiary/aromatic N) is 2. The summed E-state index contributed by atoms with van der Waals surface area (Å²) in [5, 5.41) is 16.3. The summed E-state index contributed by atoms with van der Waals surface area (Å²) in [7, 11) is 0. The summed E-state index contributed by atoms with van der Waals surface area (Å²) in [4.78, 5) is 12.1. The maximum absolute atomic E-state index is 12.1. The van der Waals surface area contributed by atoms with Crippen molar-refractivity contribution >= 4 is 11.6 Å². The summed E-state index contributed by atoms with van der Waals surface area (Å²) < 4.78 is 1.64. The molecule has 0 aromatic carbocycles. The van der Waals surface area contributed by atoms with Crippen LogP contribution in [-0.2, 0) is 6.54 Å². The summed E-state index contributed by atoms with van der Waals surface area (Å²) in [6.07, 6.45) is 4.56. The Morgan fingerprint density at radius 1 is 1.67 bits per heavy atom. The Labute approximate surface area is 106 Å². The SMILES string of the molecule is CCn1cc(N)c(C(=O)NC2CCCC2CO)n1. The van der Waals surface area contributed by atoms with Crippen LogP contribution in [0.3, 0.4) is 0 Å². The van der Waals surface area contributed by atoms with Gasteiger partial charge in [-0.1, -0.05) is 6.42 Å². The third-order valence-electron chi connectivity index (χ3n) is 3.54. The number of hydrogen-bond donors (Lipinski definition) is 3. The van der Waals surface area contributed by atoms with Gasteiger partial charge in [0.1, 0.15) is 0 Å². The molecule has 1 aromatic rings. The molecule has 0 spiro atoms. The normalized spacial score (nSPS) is 23.2. The van der Waals surface area contributed by atoms with E-state index in [9.17, 15) is 9.90 Å². The molecule has 100 valence electrons. The summed E-state index contributed by atoms with van der Waals surface area (Å²) in [6, 6.07) is 0.0358. The third kappa shape index (κ3) is 2.48. The highest BCUT2D eigenvalue weighted by atomic mass is 16.3. The first-order valence-corrected chi connectivity index (χ1v) is 6.40. The van der Waals surface area contributed by atoms with Crippen molar-refractivity contribution in [2.45, 2.75) is 38.8 Å². The van der Waals surface area contributed by atoms with E-state index in [4.69, 9.17) is 5.73 Å². The van der Waals surface area contributed by atoms with Crippen LogP contribution in [0.25, 0.3) is 0 Å². The topological polar surface area (TPSA) is 93.2 Å². The molecule has 6 nitrogen and oxygen atoms in total. The number of carbonyl (C=O) groups is 1. The number of rotatable bonds is 4. The van der Waals surface area contributed by atoms with Gasteiger partial charge in [-0.2, -0.15) is 5.10 Å². The molecular weight excluding hydrogens is 232 g/mol. The van der Waals surface area contributed by atoms with Crippen LogP contribution in [0.1, 0.15) is 36.7 Å². The quantitative estimate of drug-likeness (QED) is 0.722. The third-order valence-corrected chi connectivity index (χ3v) is 3.54.